The van der Waals surface area contributed by atoms with Gasteiger partial charge < -0.3 is 9.47 Å². The molecule has 0 aliphatic rings. The molecule has 0 fully saturated rings. The average molecular weight is 222 g/mol. The van der Waals surface area contributed by atoms with Gasteiger partial charge in [-0.1, -0.05) is 26.7 Å². The first kappa shape index (κ1) is 12.9. The number of hydrogen-bond acceptors (Lipinski definition) is 2. The highest BCUT2D eigenvalue weighted by Gasteiger charge is 2.09. The van der Waals surface area contributed by atoms with Gasteiger partial charge in [-0.15, -0.1) is 0 Å². The quantitative estimate of drug-likeness (QED) is 0.731. The number of ether oxygens (including phenoxy) is 2. The highest BCUT2D eigenvalue weighted by molar-refractivity contribution is 5.40. The van der Waals surface area contributed by atoms with E-state index in [1.54, 1.807) is 14.2 Å². The zero-order valence-corrected chi connectivity index (χ0v) is 10.7. The maximum absolute atomic E-state index is 5.37. The molecule has 16 heavy (non-hydrogen) atoms. The molecule has 0 heterocycles. The molecule has 0 saturated heterocycles. The van der Waals surface area contributed by atoms with Crippen molar-refractivity contribution < 1.29 is 9.47 Å². The van der Waals surface area contributed by atoms with Gasteiger partial charge in [-0.25, -0.2) is 0 Å². The molecule has 0 amide bonds. The van der Waals surface area contributed by atoms with Gasteiger partial charge in [-0.2, -0.15) is 0 Å². The summed E-state index contributed by atoms with van der Waals surface area (Å²) in [6.07, 6.45) is 3.53. The summed E-state index contributed by atoms with van der Waals surface area (Å²) < 4.78 is 10.6. The van der Waals surface area contributed by atoms with Crippen molar-refractivity contribution in [2.45, 2.75) is 33.1 Å². The van der Waals surface area contributed by atoms with Gasteiger partial charge >= 0.3 is 0 Å². The Balaban J connectivity index is 2.82. The molecule has 0 spiro atoms. The molecule has 2 heteroatoms. The Morgan fingerprint density at radius 2 is 1.94 bits per heavy atom. The summed E-state index contributed by atoms with van der Waals surface area (Å²) in [6, 6.07) is 5.99. The predicted molar refractivity (Wildman–Crippen MR) is 67.3 cm³/mol. The van der Waals surface area contributed by atoms with Gasteiger partial charge in [-0.3, -0.25) is 0 Å². The molecule has 0 aromatic heterocycles. The Morgan fingerprint density at radius 3 is 2.50 bits per heavy atom. The highest BCUT2D eigenvalue weighted by Crippen LogP contribution is 2.27. The van der Waals surface area contributed by atoms with Gasteiger partial charge in [0.1, 0.15) is 11.5 Å². The molecule has 0 aliphatic heterocycles. The fourth-order valence-corrected chi connectivity index (χ4v) is 2.01. The lowest BCUT2D eigenvalue weighted by molar-refractivity contribution is 0.393. The standard InChI is InChI=1S/C14H22O2/c1-5-6-11(2)9-12-10-13(15-3)7-8-14(12)16-4/h7-8,10-11H,5-6,9H2,1-4H3. The third-order valence-electron chi connectivity index (χ3n) is 2.84. The molecular formula is C14H22O2. The second-order valence-corrected chi connectivity index (χ2v) is 4.28. The van der Waals surface area contributed by atoms with E-state index < -0.39 is 0 Å². The van der Waals surface area contributed by atoms with Gasteiger partial charge in [0.2, 0.25) is 0 Å². The third-order valence-corrected chi connectivity index (χ3v) is 2.84. The first-order chi connectivity index (χ1) is 7.71. The van der Waals surface area contributed by atoms with E-state index in [9.17, 15) is 0 Å². The Hall–Kier alpha value is -1.18. The van der Waals surface area contributed by atoms with Crippen molar-refractivity contribution >= 4 is 0 Å². The molecule has 1 rings (SSSR count). The molecule has 0 N–H and O–H groups in total. The van der Waals surface area contributed by atoms with E-state index in [1.165, 1.54) is 18.4 Å². The van der Waals surface area contributed by atoms with Gasteiger partial charge in [0.15, 0.2) is 0 Å². The van der Waals surface area contributed by atoms with E-state index in [4.69, 9.17) is 9.47 Å². The minimum absolute atomic E-state index is 0.686. The van der Waals surface area contributed by atoms with Crippen LogP contribution in [0, 0.1) is 5.92 Å². The van der Waals surface area contributed by atoms with E-state index in [-0.39, 0.29) is 0 Å². The van der Waals surface area contributed by atoms with E-state index >= 15 is 0 Å². The lowest BCUT2D eigenvalue weighted by atomic mass is 9.96. The summed E-state index contributed by atoms with van der Waals surface area (Å²) in [4.78, 5) is 0. The van der Waals surface area contributed by atoms with Crippen LogP contribution in [0.25, 0.3) is 0 Å². The van der Waals surface area contributed by atoms with Crippen LogP contribution < -0.4 is 9.47 Å². The van der Waals surface area contributed by atoms with Crippen molar-refractivity contribution in [3.05, 3.63) is 23.8 Å². The molecule has 0 saturated carbocycles. The summed E-state index contributed by atoms with van der Waals surface area (Å²) in [7, 11) is 3.41. The SMILES string of the molecule is CCCC(C)Cc1cc(OC)ccc1OC. The van der Waals surface area contributed by atoms with E-state index in [0.29, 0.717) is 5.92 Å². The smallest absolute Gasteiger partial charge is 0.122 e. The fourth-order valence-electron chi connectivity index (χ4n) is 2.01. The normalized spacial score (nSPS) is 12.2. The fraction of sp³-hybridized carbons (Fsp3) is 0.571. The lowest BCUT2D eigenvalue weighted by Crippen LogP contribution is -2.02. The summed E-state index contributed by atoms with van der Waals surface area (Å²) >= 11 is 0. The predicted octanol–water partition coefficient (Wildman–Crippen LogP) is 3.68. The molecule has 1 aromatic carbocycles. The van der Waals surface area contributed by atoms with Crippen molar-refractivity contribution in [2.75, 3.05) is 14.2 Å². The number of benzene rings is 1. The summed E-state index contributed by atoms with van der Waals surface area (Å²) in [5.74, 6) is 2.55. The summed E-state index contributed by atoms with van der Waals surface area (Å²) in [5, 5.41) is 0. The van der Waals surface area contributed by atoms with Crippen LogP contribution in [0.1, 0.15) is 32.3 Å². The Kier molecular flexibility index (Phi) is 5.17. The van der Waals surface area contributed by atoms with Crippen molar-refractivity contribution in [1.82, 2.24) is 0 Å². The zero-order chi connectivity index (χ0) is 12.0. The van der Waals surface area contributed by atoms with Gasteiger partial charge in [-0.05, 0) is 36.1 Å². The summed E-state index contributed by atoms with van der Waals surface area (Å²) in [5.41, 5.74) is 1.24. The minimum atomic E-state index is 0.686. The first-order valence-electron chi connectivity index (χ1n) is 5.92. The van der Waals surface area contributed by atoms with E-state index in [2.05, 4.69) is 19.9 Å². The summed E-state index contributed by atoms with van der Waals surface area (Å²) in [6.45, 7) is 4.50. The topological polar surface area (TPSA) is 18.5 Å². The molecule has 1 aromatic rings. The molecule has 0 radical (unpaired) electrons. The molecule has 1 unspecified atom stereocenters. The first-order valence-corrected chi connectivity index (χ1v) is 5.92. The second kappa shape index (κ2) is 6.41. The van der Waals surface area contributed by atoms with Gasteiger partial charge in [0.25, 0.3) is 0 Å². The third kappa shape index (κ3) is 3.44. The van der Waals surface area contributed by atoms with Gasteiger partial charge in [0, 0.05) is 0 Å². The maximum Gasteiger partial charge on any atom is 0.122 e. The van der Waals surface area contributed by atoms with Crippen LogP contribution in [-0.2, 0) is 6.42 Å². The second-order valence-electron chi connectivity index (χ2n) is 4.28. The van der Waals surface area contributed by atoms with Crippen molar-refractivity contribution in [3.63, 3.8) is 0 Å². The van der Waals surface area contributed by atoms with Crippen LogP contribution >= 0.6 is 0 Å². The lowest BCUT2D eigenvalue weighted by Gasteiger charge is -2.14. The highest BCUT2D eigenvalue weighted by atomic mass is 16.5. The Bertz CT molecular complexity index is 321. The molecule has 90 valence electrons. The number of hydrogen-bond donors (Lipinski definition) is 0. The van der Waals surface area contributed by atoms with Gasteiger partial charge in [0.05, 0.1) is 14.2 Å². The van der Waals surface area contributed by atoms with Crippen molar-refractivity contribution in [1.29, 1.82) is 0 Å². The molecule has 0 aliphatic carbocycles. The van der Waals surface area contributed by atoms with Crippen LogP contribution in [0.2, 0.25) is 0 Å². The largest absolute Gasteiger partial charge is 0.497 e. The molecular weight excluding hydrogens is 200 g/mol. The van der Waals surface area contributed by atoms with Crippen molar-refractivity contribution in [3.8, 4) is 11.5 Å². The Morgan fingerprint density at radius 1 is 1.19 bits per heavy atom. The van der Waals surface area contributed by atoms with Crippen LogP contribution in [-0.4, -0.2) is 14.2 Å². The van der Waals surface area contributed by atoms with E-state index in [1.807, 2.05) is 12.1 Å². The van der Waals surface area contributed by atoms with Crippen LogP contribution in [0.5, 0.6) is 11.5 Å². The Labute approximate surface area is 98.6 Å². The van der Waals surface area contributed by atoms with Crippen LogP contribution in [0.15, 0.2) is 18.2 Å². The minimum Gasteiger partial charge on any atom is -0.497 e. The number of methoxy groups -OCH3 is 2. The van der Waals surface area contributed by atoms with Crippen LogP contribution in [0.3, 0.4) is 0 Å². The monoisotopic (exact) mass is 222 g/mol. The van der Waals surface area contributed by atoms with Crippen LogP contribution in [0.4, 0.5) is 0 Å². The zero-order valence-electron chi connectivity index (χ0n) is 10.7. The maximum atomic E-state index is 5.37. The molecule has 1 atom stereocenters. The van der Waals surface area contributed by atoms with E-state index in [0.717, 1.165) is 17.9 Å². The molecule has 2 nitrogen and oxygen atoms in total. The molecule has 0 bridgehead atoms. The average Bonchev–Trinajstić information content (AvgIpc) is 2.29. The number of rotatable bonds is 6. The van der Waals surface area contributed by atoms with Crippen molar-refractivity contribution in [2.24, 2.45) is 5.92 Å².